The number of aromatic nitrogens is 4. The molecule has 0 fully saturated rings. The highest BCUT2D eigenvalue weighted by Crippen LogP contribution is 2.45. The number of benzene rings is 6. The number of anilines is 1. The molecule has 0 atom stereocenters. The Hall–Kier alpha value is -6.99. The largest absolute Gasteiger partial charge is 0.458 e. The molecule has 8 aromatic rings. The standard InChI is InChI=1S/C62H64BN5O/c1-14-20-38(4)67-50(16-3)48(15-2)63-49-35-43(62(11,12)13)33-34-53(49)69-54-37-44(36-52(67)55(54)63)68-51-24-18-17-21-45(51)46-22-19-23-47(56(46)68)59-65-57(39-25-29-41(30-26-39)60(5,6)7)64-58(66-59)40-27-31-42(32-28-40)61(8,9)10/h14,17-37H,4,15-16H2,1-3,5-13H3/b20-14-. The van der Waals surface area contributed by atoms with Crippen molar-refractivity contribution in [1.82, 2.24) is 19.5 Å². The van der Waals surface area contributed by atoms with Gasteiger partial charge in [-0.1, -0.05) is 185 Å². The van der Waals surface area contributed by atoms with Gasteiger partial charge in [-0.2, -0.15) is 0 Å². The molecular weight excluding hydrogens is 842 g/mol. The minimum absolute atomic E-state index is 0.00968. The average Bonchev–Trinajstić information content (AvgIpc) is 3.67. The Labute approximate surface area is 409 Å². The third-order valence-corrected chi connectivity index (χ3v) is 14.2. The predicted octanol–water partition coefficient (Wildman–Crippen LogP) is 15.1. The van der Waals surface area contributed by atoms with Crippen LogP contribution in [-0.4, -0.2) is 26.2 Å². The average molecular weight is 906 g/mol. The van der Waals surface area contributed by atoms with Crippen LogP contribution in [0.5, 0.6) is 11.5 Å². The van der Waals surface area contributed by atoms with Crippen LogP contribution in [0.4, 0.5) is 5.69 Å². The Kier molecular flexibility index (Phi) is 11.2. The Balaban J connectivity index is 1.25. The second kappa shape index (κ2) is 16.9. The minimum Gasteiger partial charge on any atom is -0.458 e. The molecule has 7 heteroatoms. The molecule has 0 aliphatic carbocycles. The molecule has 2 aliphatic rings. The van der Waals surface area contributed by atoms with Crippen LogP contribution in [0.3, 0.4) is 0 Å². The summed E-state index contributed by atoms with van der Waals surface area (Å²) in [5.41, 5.74) is 16.8. The van der Waals surface area contributed by atoms with E-state index >= 15 is 0 Å². The molecule has 0 unspecified atom stereocenters. The zero-order valence-electron chi connectivity index (χ0n) is 42.5. The van der Waals surface area contributed by atoms with E-state index in [1.807, 2.05) is 0 Å². The van der Waals surface area contributed by atoms with Crippen LogP contribution in [0, 0.1) is 0 Å². The minimum atomic E-state index is -0.0192. The number of fused-ring (bicyclic) bond motifs is 5. The van der Waals surface area contributed by atoms with Gasteiger partial charge in [-0.25, -0.2) is 15.0 Å². The zero-order valence-corrected chi connectivity index (χ0v) is 42.5. The molecule has 6 aromatic carbocycles. The van der Waals surface area contributed by atoms with E-state index in [1.54, 1.807) is 0 Å². The fraction of sp³-hybridized carbons (Fsp3) is 0.274. The summed E-state index contributed by atoms with van der Waals surface area (Å²) in [4.78, 5) is 18.4. The van der Waals surface area contributed by atoms with E-state index in [0.717, 1.165) is 79.9 Å². The summed E-state index contributed by atoms with van der Waals surface area (Å²) in [5, 5.41) is 2.25. The summed E-state index contributed by atoms with van der Waals surface area (Å²) < 4.78 is 9.56. The molecule has 69 heavy (non-hydrogen) atoms. The van der Waals surface area contributed by atoms with E-state index in [0.29, 0.717) is 17.5 Å². The lowest BCUT2D eigenvalue weighted by Crippen LogP contribution is -2.54. The normalized spacial score (nSPS) is 13.9. The number of rotatable bonds is 8. The molecule has 0 amide bonds. The number of hydrogen-bond donors (Lipinski definition) is 0. The first-order valence-corrected chi connectivity index (χ1v) is 24.7. The SMILES string of the molecule is C=C(/C=C\C)N1C(CC)=C(CC)B2c3cc(C(C)(C)C)ccc3Oc3cc(-n4c5ccccc5c5cccc(-c6nc(-c7ccc(C(C)(C)C)cc7)nc(-c7ccc(C(C)(C)C)cc7)n6)c54)cc1c32. The molecular formula is C62H64BN5O. The molecule has 2 aliphatic heterocycles. The van der Waals surface area contributed by atoms with Crippen molar-refractivity contribution in [2.75, 3.05) is 4.90 Å². The van der Waals surface area contributed by atoms with E-state index < -0.39 is 0 Å². The summed E-state index contributed by atoms with van der Waals surface area (Å²) in [6.45, 7) is 31.7. The van der Waals surface area contributed by atoms with E-state index in [1.165, 1.54) is 38.8 Å². The molecule has 2 aromatic heterocycles. The maximum Gasteiger partial charge on any atom is 0.251 e. The lowest BCUT2D eigenvalue weighted by Gasteiger charge is -2.42. The number of ether oxygens (including phenoxy) is 1. The Morgan fingerprint density at radius 3 is 1.78 bits per heavy atom. The summed E-state index contributed by atoms with van der Waals surface area (Å²) in [6.07, 6.45) is 5.96. The van der Waals surface area contributed by atoms with Gasteiger partial charge in [0.1, 0.15) is 11.5 Å². The first kappa shape index (κ1) is 45.8. The van der Waals surface area contributed by atoms with Gasteiger partial charge in [-0.3, -0.25) is 0 Å². The van der Waals surface area contributed by atoms with Crippen LogP contribution >= 0.6 is 0 Å². The van der Waals surface area contributed by atoms with Crippen LogP contribution in [0.1, 0.15) is 113 Å². The number of allylic oxidation sites excluding steroid dienone is 4. The van der Waals surface area contributed by atoms with Crippen molar-refractivity contribution >= 4 is 45.1 Å². The van der Waals surface area contributed by atoms with Crippen LogP contribution in [0.2, 0.25) is 0 Å². The van der Waals surface area contributed by atoms with Crippen LogP contribution in [-0.2, 0) is 16.2 Å². The smallest absolute Gasteiger partial charge is 0.251 e. The maximum absolute atomic E-state index is 7.16. The van der Waals surface area contributed by atoms with Gasteiger partial charge in [0.25, 0.3) is 6.71 Å². The van der Waals surface area contributed by atoms with Crippen molar-refractivity contribution in [2.45, 2.75) is 112 Å². The van der Waals surface area contributed by atoms with Gasteiger partial charge in [0.15, 0.2) is 17.5 Å². The van der Waals surface area contributed by atoms with Gasteiger partial charge in [0, 0.05) is 50.6 Å². The van der Waals surface area contributed by atoms with Gasteiger partial charge in [-0.05, 0) is 94.0 Å². The Bertz CT molecular complexity index is 3330. The third kappa shape index (κ3) is 7.90. The Morgan fingerprint density at radius 2 is 1.20 bits per heavy atom. The molecule has 0 saturated carbocycles. The first-order valence-electron chi connectivity index (χ1n) is 24.7. The lowest BCUT2D eigenvalue weighted by atomic mass is 9.33. The molecule has 6 nitrogen and oxygen atoms in total. The highest BCUT2D eigenvalue weighted by Gasteiger charge is 2.43. The van der Waals surface area contributed by atoms with E-state index in [-0.39, 0.29) is 23.0 Å². The quantitative estimate of drug-likeness (QED) is 0.112. The summed E-state index contributed by atoms with van der Waals surface area (Å²) >= 11 is 0. The van der Waals surface area contributed by atoms with Gasteiger partial charge < -0.3 is 14.2 Å². The summed E-state index contributed by atoms with van der Waals surface area (Å²) in [5.74, 6) is 3.63. The third-order valence-electron chi connectivity index (χ3n) is 14.2. The van der Waals surface area contributed by atoms with Gasteiger partial charge in [-0.15, -0.1) is 0 Å². The van der Waals surface area contributed by atoms with Crippen LogP contribution in [0.15, 0.2) is 157 Å². The van der Waals surface area contributed by atoms with Crippen molar-refractivity contribution in [2.24, 2.45) is 0 Å². The number of hydrogen-bond acceptors (Lipinski definition) is 5. The molecule has 346 valence electrons. The molecule has 0 bridgehead atoms. The van der Waals surface area contributed by atoms with Gasteiger partial charge in [0.2, 0.25) is 0 Å². The fourth-order valence-corrected chi connectivity index (χ4v) is 10.6. The summed E-state index contributed by atoms with van der Waals surface area (Å²) in [7, 11) is 0. The molecule has 10 rings (SSSR count). The maximum atomic E-state index is 7.16. The molecule has 4 heterocycles. The number of nitrogens with zero attached hydrogens (tertiary/aromatic N) is 5. The second-order valence-corrected chi connectivity index (χ2v) is 21.9. The predicted molar refractivity (Wildman–Crippen MR) is 292 cm³/mol. The zero-order chi connectivity index (χ0) is 48.7. The van der Waals surface area contributed by atoms with Crippen molar-refractivity contribution in [3.8, 4) is 51.3 Å². The molecule has 0 radical (unpaired) electrons. The monoisotopic (exact) mass is 906 g/mol. The van der Waals surface area contributed by atoms with Gasteiger partial charge >= 0.3 is 0 Å². The lowest BCUT2D eigenvalue weighted by molar-refractivity contribution is 0.485. The first-order chi connectivity index (χ1) is 32.9. The van der Waals surface area contributed by atoms with Crippen LogP contribution < -0.4 is 20.6 Å². The van der Waals surface area contributed by atoms with Crippen molar-refractivity contribution < 1.29 is 4.74 Å². The Morgan fingerprint density at radius 1 is 0.623 bits per heavy atom. The van der Waals surface area contributed by atoms with Crippen molar-refractivity contribution in [3.05, 3.63) is 174 Å². The van der Waals surface area contributed by atoms with Crippen molar-refractivity contribution in [1.29, 1.82) is 0 Å². The number of para-hydroxylation sites is 2. The highest BCUT2D eigenvalue weighted by atomic mass is 16.5. The van der Waals surface area contributed by atoms with E-state index in [9.17, 15) is 0 Å². The van der Waals surface area contributed by atoms with Gasteiger partial charge in [0.05, 0.1) is 16.7 Å². The topological polar surface area (TPSA) is 56.1 Å². The van der Waals surface area contributed by atoms with Crippen LogP contribution in [0.25, 0.3) is 61.7 Å². The van der Waals surface area contributed by atoms with Crippen molar-refractivity contribution in [3.63, 3.8) is 0 Å². The molecule has 0 spiro atoms. The summed E-state index contributed by atoms with van der Waals surface area (Å²) in [6, 6.07) is 44.0. The highest BCUT2D eigenvalue weighted by molar-refractivity contribution is 6.94. The second-order valence-electron chi connectivity index (χ2n) is 21.9. The fourth-order valence-electron chi connectivity index (χ4n) is 10.6. The molecule has 0 N–H and O–H groups in total. The van der Waals surface area contributed by atoms with E-state index in [4.69, 9.17) is 26.3 Å². The van der Waals surface area contributed by atoms with E-state index in [2.05, 4.69) is 226 Å². The molecule has 0 saturated heterocycles.